The average molecular weight is 708 g/mol. The molecule has 1 saturated heterocycles. The summed E-state index contributed by atoms with van der Waals surface area (Å²) in [6, 6.07) is 18.6. The normalized spacial score (nSPS) is 26.7. The van der Waals surface area contributed by atoms with Crippen molar-refractivity contribution < 1.29 is 37.0 Å². The first-order valence-corrected chi connectivity index (χ1v) is 17.3. The summed E-state index contributed by atoms with van der Waals surface area (Å²) in [4.78, 5) is 58.0. The van der Waals surface area contributed by atoms with Crippen LogP contribution in [0.4, 0.5) is 24.5 Å². The Morgan fingerprint density at radius 2 is 1.71 bits per heavy atom. The van der Waals surface area contributed by atoms with Gasteiger partial charge in [-0.25, -0.2) is 0 Å². The molecule has 252 valence electrons. The van der Waals surface area contributed by atoms with Crippen molar-refractivity contribution in [3.05, 3.63) is 98.5 Å². The molecule has 1 aromatic heterocycles. The molecule has 3 fully saturated rings. The van der Waals surface area contributed by atoms with Gasteiger partial charge in [0.2, 0.25) is 11.8 Å². The molecule has 2 aliphatic carbocycles. The molecule has 7 atom stereocenters. The van der Waals surface area contributed by atoms with Gasteiger partial charge >= 0.3 is 11.0 Å². The Labute approximate surface area is 285 Å². The van der Waals surface area contributed by atoms with E-state index in [9.17, 15) is 32.3 Å². The first kappa shape index (κ1) is 31.7. The van der Waals surface area contributed by atoms with Crippen molar-refractivity contribution in [3.8, 4) is 11.5 Å². The second-order valence-electron chi connectivity index (χ2n) is 12.6. The van der Waals surface area contributed by atoms with Crippen molar-refractivity contribution in [3.63, 3.8) is 0 Å². The maximum atomic E-state index is 13.9. The quantitative estimate of drug-likeness (QED) is 0.221. The summed E-state index contributed by atoms with van der Waals surface area (Å²) in [5.41, 5.74) is 0.515. The van der Waals surface area contributed by atoms with Gasteiger partial charge in [-0.3, -0.25) is 24.1 Å². The van der Waals surface area contributed by atoms with E-state index in [1.165, 1.54) is 24.1 Å². The Bertz CT molecular complexity index is 2050. The van der Waals surface area contributed by atoms with Crippen LogP contribution in [-0.2, 0) is 20.6 Å². The van der Waals surface area contributed by atoms with Crippen molar-refractivity contribution in [1.82, 2.24) is 4.98 Å². The van der Waals surface area contributed by atoms with Gasteiger partial charge < -0.3 is 19.8 Å². The lowest BCUT2D eigenvalue weighted by Gasteiger charge is -2.43. The molecule has 2 bridgehead atoms. The van der Waals surface area contributed by atoms with Crippen LogP contribution in [0.25, 0.3) is 0 Å². The molecular formula is C35H28F3N3O6S2. The molecule has 0 spiro atoms. The lowest BCUT2D eigenvalue weighted by molar-refractivity contribution is -0.137. The average Bonchev–Trinajstić information content (AvgIpc) is 3.82. The highest BCUT2D eigenvalue weighted by molar-refractivity contribution is 8.00. The summed E-state index contributed by atoms with van der Waals surface area (Å²) in [7, 11) is 1.46. The number of aromatic amines is 1. The van der Waals surface area contributed by atoms with Gasteiger partial charge in [-0.1, -0.05) is 41.7 Å². The molecular weight excluding hydrogens is 680 g/mol. The molecule has 4 unspecified atom stereocenters. The van der Waals surface area contributed by atoms with Gasteiger partial charge in [-0.15, -0.1) is 11.8 Å². The fourth-order valence-corrected chi connectivity index (χ4v) is 11.2. The number of nitrogens with one attached hydrogen (secondary N) is 2. The molecule has 14 heteroatoms. The number of nitrogens with zero attached hydrogens (tertiary/aromatic N) is 1. The first-order valence-electron chi connectivity index (χ1n) is 15.6. The van der Waals surface area contributed by atoms with E-state index in [0.717, 1.165) is 45.4 Å². The molecule has 3 amide bonds. The minimum atomic E-state index is -4.55. The van der Waals surface area contributed by atoms with E-state index >= 15 is 0 Å². The van der Waals surface area contributed by atoms with Crippen LogP contribution in [0.1, 0.15) is 28.3 Å². The summed E-state index contributed by atoms with van der Waals surface area (Å²) in [6.45, 7) is -0.485. The Morgan fingerprint density at radius 1 is 0.959 bits per heavy atom. The number of imide groups is 1. The molecule has 0 radical (unpaired) electrons. The smallest absolute Gasteiger partial charge is 0.416 e. The largest absolute Gasteiger partial charge is 0.493 e. The number of H-pyrrole nitrogens is 1. The van der Waals surface area contributed by atoms with Crippen molar-refractivity contribution >= 4 is 52.2 Å². The summed E-state index contributed by atoms with van der Waals surface area (Å²) >= 11 is 2.74. The van der Waals surface area contributed by atoms with E-state index in [2.05, 4.69) is 10.3 Å². The fourth-order valence-electron chi connectivity index (χ4n) is 8.33. The van der Waals surface area contributed by atoms with E-state index in [4.69, 9.17) is 9.47 Å². The molecule has 4 aromatic rings. The van der Waals surface area contributed by atoms with Crippen LogP contribution in [0, 0.1) is 29.6 Å². The fraction of sp³-hybridized carbons (Fsp3) is 0.314. The van der Waals surface area contributed by atoms with Crippen LogP contribution in [-0.4, -0.2) is 41.7 Å². The van der Waals surface area contributed by atoms with Crippen molar-refractivity contribution in [2.45, 2.75) is 28.8 Å². The Morgan fingerprint density at radius 3 is 2.45 bits per heavy atom. The predicted molar refractivity (Wildman–Crippen MR) is 176 cm³/mol. The maximum Gasteiger partial charge on any atom is 0.416 e. The molecule has 2 N–H and O–H groups in total. The highest BCUT2D eigenvalue weighted by Crippen LogP contribution is 2.68. The summed E-state index contributed by atoms with van der Waals surface area (Å²) in [5, 5.41) is 3.20. The van der Waals surface area contributed by atoms with E-state index in [1.807, 2.05) is 24.3 Å². The number of ether oxygens (including phenoxy) is 2. The van der Waals surface area contributed by atoms with Gasteiger partial charge in [-0.2, -0.15) is 13.2 Å². The van der Waals surface area contributed by atoms with Crippen molar-refractivity contribution in [1.29, 1.82) is 0 Å². The summed E-state index contributed by atoms with van der Waals surface area (Å²) in [5.74, 6) is -1.67. The van der Waals surface area contributed by atoms with Crippen LogP contribution in [0.15, 0.2) is 82.6 Å². The molecule has 2 aliphatic heterocycles. The molecule has 4 aliphatic rings. The van der Waals surface area contributed by atoms with E-state index in [1.54, 1.807) is 36.0 Å². The van der Waals surface area contributed by atoms with Crippen LogP contribution < -0.4 is 24.6 Å². The third-order valence-electron chi connectivity index (χ3n) is 10.1. The number of rotatable bonds is 7. The minimum absolute atomic E-state index is 0.00272. The Hall–Kier alpha value is -4.56. The highest BCUT2D eigenvalue weighted by Gasteiger charge is 2.69. The number of carbonyl (C=O) groups excluding carboxylic acids is 3. The van der Waals surface area contributed by atoms with Gasteiger partial charge in [0, 0.05) is 21.7 Å². The lowest BCUT2D eigenvalue weighted by atomic mass is 9.68. The number of benzene rings is 3. The number of thiazole rings is 1. The Balaban J connectivity index is 1.06. The van der Waals surface area contributed by atoms with Crippen LogP contribution >= 0.6 is 23.1 Å². The van der Waals surface area contributed by atoms with Gasteiger partial charge in [0.1, 0.15) is 0 Å². The van der Waals surface area contributed by atoms with Gasteiger partial charge in [0.25, 0.3) is 5.91 Å². The molecule has 2 saturated carbocycles. The zero-order chi connectivity index (χ0) is 34.2. The second kappa shape index (κ2) is 11.8. The molecule has 3 heterocycles. The van der Waals surface area contributed by atoms with Crippen molar-refractivity contribution in [2.75, 3.05) is 23.9 Å². The monoisotopic (exact) mass is 707 g/mol. The number of aromatic nitrogens is 1. The Kier molecular flexibility index (Phi) is 7.63. The molecule has 9 nitrogen and oxygen atoms in total. The number of methoxy groups -OCH3 is 1. The maximum absolute atomic E-state index is 13.9. The number of amides is 3. The number of carbonyl (C=O) groups is 3. The van der Waals surface area contributed by atoms with Crippen LogP contribution in [0.3, 0.4) is 0 Å². The molecule has 3 aromatic carbocycles. The van der Waals surface area contributed by atoms with E-state index in [-0.39, 0.29) is 57.0 Å². The number of thioether (sulfide) groups is 1. The topological polar surface area (TPSA) is 118 Å². The highest BCUT2D eigenvalue weighted by atomic mass is 32.2. The van der Waals surface area contributed by atoms with E-state index in [0.29, 0.717) is 11.4 Å². The van der Waals surface area contributed by atoms with Gasteiger partial charge in [0.05, 0.1) is 35.2 Å². The van der Waals surface area contributed by atoms with Crippen LogP contribution in [0.5, 0.6) is 11.5 Å². The number of alkyl halides is 3. The first-order chi connectivity index (χ1) is 23.5. The van der Waals surface area contributed by atoms with Crippen molar-refractivity contribution in [2.24, 2.45) is 29.6 Å². The number of halogens is 3. The minimum Gasteiger partial charge on any atom is -0.493 e. The predicted octanol–water partition coefficient (Wildman–Crippen LogP) is 6.16. The summed E-state index contributed by atoms with van der Waals surface area (Å²) < 4.78 is 50.7. The van der Waals surface area contributed by atoms with Gasteiger partial charge in [0.15, 0.2) is 18.1 Å². The SMILES string of the molecule is COc1cc([C@H]2c3sc(=O)[nH]c3SC3C2[C@H]2C[C@@H]3C3C(=O)N(c4ccccc4)C(=O)C32)ccc1OCC(=O)Nc1cccc(C(F)(F)F)c1. The zero-order valence-electron chi connectivity index (χ0n) is 25.7. The van der Waals surface area contributed by atoms with Crippen LogP contribution in [0.2, 0.25) is 0 Å². The lowest BCUT2D eigenvalue weighted by Crippen LogP contribution is -2.42. The summed E-state index contributed by atoms with van der Waals surface area (Å²) in [6.07, 6.45) is -3.81. The third kappa shape index (κ3) is 5.23. The molecule has 49 heavy (non-hydrogen) atoms. The number of anilines is 2. The zero-order valence-corrected chi connectivity index (χ0v) is 27.4. The number of hydrogen-bond acceptors (Lipinski definition) is 8. The number of fused-ring (bicyclic) bond motifs is 9. The molecule has 8 rings (SSSR count). The second-order valence-corrected chi connectivity index (χ2v) is 14.8. The third-order valence-corrected chi connectivity index (χ3v) is 12.7. The number of hydrogen-bond donors (Lipinski definition) is 2. The van der Waals surface area contributed by atoms with E-state index < -0.39 is 36.1 Å². The number of para-hydroxylation sites is 1. The standard InChI is InChI=1S/C35H28F3N3O6S2/c1-46-23-12-16(10-11-22(23)47-15-24(42)39-18-7-5-6-17(13-18)35(36,37)38)25-26-20-14-21(29(26)48-31-30(25)49-34(45)40-31)28-27(20)32(43)41(33(28)44)19-8-3-2-4-9-19/h2-13,20-21,25-29H,14-15H2,1H3,(H,39,42)(H,40,45)/t20-,21-,25-,26?,27?,28?,29?/m1/s1. The van der Waals surface area contributed by atoms with Gasteiger partial charge in [-0.05, 0) is 72.2 Å².